The Kier molecular flexibility index (Phi) is 7.82. The van der Waals surface area contributed by atoms with Gasteiger partial charge in [0, 0.05) is 16.1 Å². The molecule has 1 aliphatic carbocycles. The summed E-state index contributed by atoms with van der Waals surface area (Å²) in [5, 5.41) is 6.96. The number of anilines is 1. The van der Waals surface area contributed by atoms with Gasteiger partial charge in [-0.3, -0.25) is 5.32 Å². The lowest BCUT2D eigenvalue weighted by atomic mass is 10.0. The lowest BCUT2D eigenvalue weighted by Gasteiger charge is -2.21. The highest BCUT2D eigenvalue weighted by Crippen LogP contribution is 2.33. The van der Waals surface area contributed by atoms with Gasteiger partial charge in [0.1, 0.15) is 17.5 Å². The molecule has 3 aromatic rings. The van der Waals surface area contributed by atoms with Gasteiger partial charge >= 0.3 is 6.09 Å². The van der Waals surface area contributed by atoms with Crippen molar-refractivity contribution in [1.82, 2.24) is 5.16 Å². The summed E-state index contributed by atoms with van der Waals surface area (Å²) in [6.45, 7) is 3.45. The van der Waals surface area contributed by atoms with Crippen LogP contribution in [-0.2, 0) is 20.3 Å². The topological polar surface area (TPSA) is 98.5 Å². The number of rotatable bonds is 7. The lowest BCUT2D eigenvalue weighted by Crippen LogP contribution is -2.25. The Bertz CT molecular complexity index is 1280. The van der Waals surface area contributed by atoms with Gasteiger partial charge in [-0.05, 0) is 38.3 Å². The number of aryl methyl sites for hydroxylation is 1. The number of nitrogens with zero attached hydrogens (tertiary/aromatic N) is 1. The Morgan fingerprint density at radius 1 is 1.14 bits per heavy atom. The van der Waals surface area contributed by atoms with E-state index in [1.54, 1.807) is 50.2 Å². The third-order valence-corrected chi connectivity index (χ3v) is 8.93. The molecule has 35 heavy (non-hydrogen) atoms. The monoisotopic (exact) mass is 516 g/mol. The number of nitrogens with one attached hydrogen (secondary N) is 1. The molecule has 1 unspecified atom stereocenters. The molecule has 1 N–H and O–H groups in total. The van der Waals surface area contributed by atoms with Gasteiger partial charge in [-0.2, -0.15) is 0 Å². The van der Waals surface area contributed by atoms with E-state index in [4.69, 9.17) is 20.9 Å². The maximum absolute atomic E-state index is 12.8. The van der Waals surface area contributed by atoms with E-state index in [-0.39, 0.29) is 11.0 Å². The molecule has 1 amide bonds. The van der Waals surface area contributed by atoms with Gasteiger partial charge in [0.25, 0.3) is 0 Å². The van der Waals surface area contributed by atoms with E-state index in [2.05, 4.69) is 10.5 Å². The highest BCUT2D eigenvalue weighted by atomic mass is 35.5. The van der Waals surface area contributed by atoms with Crippen molar-refractivity contribution in [3.63, 3.8) is 0 Å². The standard InChI is InChI=1S/C26H29ClN2O5S/c1-17-24(28-26(30)33-18(2)22-10-6-7-11-23(22)27)25(34-29-17)20-14-12-19(13-15-20)16-35(31,32)21-8-4-3-5-9-21/h6-7,10-15,18,21H,3-5,8-9,16H2,1-2H3,(H,28,30). The molecule has 1 aliphatic rings. The van der Waals surface area contributed by atoms with Crippen LogP contribution in [0.3, 0.4) is 0 Å². The van der Waals surface area contributed by atoms with Gasteiger partial charge in [0.2, 0.25) is 0 Å². The van der Waals surface area contributed by atoms with Crippen molar-refractivity contribution in [2.75, 3.05) is 5.32 Å². The zero-order valence-corrected chi connectivity index (χ0v) is 21.4. The first-order valence-corrected chi connectivity index (χ1v) is 13.8. The lowest BCUT2D eigenvalue weighted by molar-refractivity contribution is 0.121. The summed E-state index contributed by atoms with van der Waals surface area (Å²) in [5.41, 5.74) is 2.97. The zero-order chi connectivity index (χ0) is 25.0. The molecular weight excluding hydrogens is 488 g/mol. The zero-order valence-electron chi connectivity index (χ0n) is 19.8. The summed E-state index contributed by atoms with van der Waals surface area (Å²) in [6, 6.07) is 14.3. The number of amides is 1. The average molecular weight is 517 g/mol. The number of halogens is 1. The molecule has 1 saturated carbocycles. The maximum Gasteiger partial charge on any atom is 0.412 e. The number of aromatic nitrogens is 1. The number of carbonyl (C=O) groups is 1. The van der Waals surface area contributed by atoms with Crippen molar-refractivity contribution < 1.29 is 22.5 Å². The van der Waals surface area contributed by atoms with Crippen LogP contribution < -0.4 is 5.32 Å². The van der Waals surface area contributed by atoms with Crippen molar-refractivity contribution in [2.24, 2.45) is 0 Å². The predicted octanol–water partition coefficient (Wildman–Crippen LogP) is 6.86. The Balaban J connectivity index is 1.45. The molecule has 0 aliphatic heterocycles. The Labute approximate surface area is 210 Å². The first-order valence-electron chi connectivity index (χ1n) is 11.7. The Morgan fingerprint density at radius 3 is 2.51 bits per heavy atom. The van der Waals surface area contributed by atoms with Crippen molar-refractivity contribution in [3.05, 3.63) is 70.4 Å². The summed E-state index contributed by atoms with van der Waals surface area (Å²) in [5.74, 6) is 0.386. The number of hydrogen-bond donors (Lipinski definition) is 1. The van der Waals surface area contributed by atoms with Crippen LogP contribution in [0.1, 0.15) is 62.0 Å². The van der Waals surface area contributed by atoms with Gasteiger partial charge in [-0.25, -0.2) is 13.2 Å². The molecule has 0 bridgehead atoms. The van der Waals surface area contributed by atoms with E-state index in [1.165, 1.54) is 0 Å². The molecule has 1 fully saturated rings. The summed E-state index contributed by atoms with van der Waals surface area (Å²) < 4.78 is 36.6. The number of benzene rings is 2. The first-order chi connectivity index (χ1) is 16.7. The van der Waals surface area contributed by atoms with Gasteiger partial charge in [-0.15, -0.1) is 0 Å². The molecule has 4 rings (SSSR count). The van der Waals surface area contributed by atoms with Crippen LogP contribution in [0.4, 0.5) is 10.5 Å². The van der Waals surface area contributed by atoms with E-state index >= 15 is 0 Å². The van der Waals surface area contributed by atoms with Crippen molar-refractivity contribution in [3.8, 4) is 11.3 Å². The molecule has 0 saturated heterocycles. The Morgan fingerprint density at radius 2 is 1.83 bits per heavy atom. The van der Waals surface area contributed by atoms with E-state index < -0.39 is 22.0 Å². The van der Waals surface area contributed by atoms with Gasteiger partial charge in [0.15, 0.2) is 15.6 Å². The molecular formula is C26H29ClN2O5S. The van der Waals surface area contributed by atoms with Crippen LogP contribution in [0.25, 0.3) is 11.3 Å². The molecule has 2 aromatic carbocycles. The summed E-state index contributed by atoms with van der Waals surface area (Å²) in [6.07, 6.45) is 3.33. The number of hydrogen-bond acceptors (Lipinski definition) is 6. The number of sulfone groups is 1. The van der Waals surface area contributed by atoms with Crippen LogP contribution in [0.15, 0.2) is 53.1 Å². The third-order valence-electron chi connectivity index (χ3n) is 6.36. The normalized spacial score (nSPS) is 15.5. The fourth-order valence-electron chi connectivity index (χ4n) is 4.40. The van der Waals surface area contributed by atoms with Crippen molar-refractivity contribution in [1.29, 1.82) is 0 Å². The molecule has 0 spiro atoms. The number of carbonyl (C=O) groups excluding carboxylic acids is 1. The largest absolute Gasteiger partial charge is 0.441 e. The van der Waals surface area contributed by atoms with Crippen LogP contribution in [0, 0.1) is 6.92 Å². The van der Waals surface area contributed by atoms with Crippen LogP contribution in [0.5, 0.6) is 0 Å². The van der Waals surface area contributed by atoms with E-state index in [0.717, 1.165) is 37.7 Å². The SMILES string of the molecule is Cc1noc(-c2ccc(CS(=O)(=O)C3CCCCC3)cc2)c1NC(=O)OC(C)c1ccccc1Cl. The molecule has 0 radical (unpaired) electrons. The van der Waals surface area contributed by atoms with Gasteiger partial charge < -0.3 is 9.26 Å². The minimum atomic E-state index is -3.19. The average Bonchev–Trinajstić information content (AvgIpc) is 3.20. The fraction of sp³-hybridized carbons (Fsp3) is 0.385. The molecule has 9 heteroatoms. The summed E-state index contributed by atoms with van der Waals surface area (Å²) in [4.78, 5) is 12.6. The minimum Gasteiger partial charge on any atom is -0.441 e. The number of ether oxygens (including phenoxy) is 1. The maximum atomic E-state index is 12.8. The van der Waals surface area contributed by atoms with E-state index in [0.29, 0.717) is 33.3 Å². The molecule has 1 atom stereocenters. The Hall–Kier alpha value is -2.84. The second kappa shape index (κ2) is 10.8. The van der Waals surface area contributed by atoms with Gasteiger partial charge in [-0.1, -0.05) is 78.5 Å². The fourth-order valence-corrected chi connectivity index (χ4v) is 6.63. The second-order valence-electron chi connectivity index (χ2n) is 8.93. The van der Waals surface area contributed by atoms with Crippen molar-refractivity contribution in [2.45, 2.75) is 63.1 Å². The predicted molar refractivity (Wildman–Crippen MR) is 136 cm³/mol. The highest BCUT2D eigenvalue weighted by molar-refractivity contribution is 7.91. The third kappa shape index (κ3) is 6.05. The smallest absolute Gasteiger partial charge is 0.412 e. The van der Waals surface area contributed by atoms with Crippen LogP contribution in [-0.4, -0.2) is 24.9 Å². The summed E-state index contributed by atoms with van der Waals surface area (Å²) >= 11 is 6.20. The molecule has 7 nitrogen and oxygen atoms in total. The summed E-state index contributed by atoms with van der Waals surface area (Å²) in [7, 11) is -3.19. The van der Waals surface area contributed by atoms with Crippen molar-refractivity contribution >= 4 is 33.2 Å². The molecule has 1 aromatic heterocycles. The van der Waals surface area contributed by atoms with E-state index in [9.17, 15) is 13.2 Å². The highest BCUT2D eigenvalue weighted by Gasteiger charge is 2.27. The van der Waals surface area contributed by atoms with Gasteiger partial charge in [0.05, 0.1) is 11.0 Å². The molecule has 186 valence electrons. The van der Waals surface area contributed by atoms with Crippen LogP contribution >= 0.6 is 11.6 Å². The first kappa shape index (κ1) is 25.3. The quantitative estimate of drug-likeness (QED) is 0.368. The minimum absolute atomic E-state index is 0.0186. The molecule has 1 heterocycles. The van der Waals surface area contributed by atoms with E-state index in [1.807, 2.05) is 12.1 Å². The van der Waals surface area contributed by atoms with Crippen LogP contribution in [0.2, 0.25) is 5.02 Å². The second-order valence-corrected chi connectivity index (χ2v) is 11.6.